The Bertz CT molecular complexity index is 573. The van der Waals surface area contributed by atoms with E-state index in [1.165, 1.54) is 0 Å². The molecule has 0 aromatic heterocycles. The van der Waals surface area contributed by atoms with Gasteiger partial charge in [-0.05, 0) is 41.8 Å². The standard InChI is InChI=1S/C23H40O2Si2/c1-9-26(10-2,11-3)24-21(8)20(7)23(22-18-16-15-17-19-22)25-27(12-4,13-5)14-6/h15-19,23H,7-14H2,1-6H3. The fourth-order valence-corrected chi connectivity index (χ4v) is 9.02. The van der Waals surface area contributed by atoms with Crippen LogP contribution in [0, 0.1) is 0 Å². The van der Waals surface area contributed by atoms with Gasteiger partial charge in [0.1, 0.15) is 5.76 Å². The first-order chi connectivity index (χ1) is 12.9. The van der Waals surface area contributed by atoms with Crippen LogP contribution in [0.2, 0.25) is 36.3 Å². The van der Waals surface area contributed by atoms with Gasteiger partial charge in [-0.2, -0.15) is 0 Å². The quantitative estimate of drug-likeness (QED) is 0.189. The van der Waals surface area contributed by atoms with Crippen molar-refractivity contribution < 1.29 is 8.85 Å². The Kier molecular flexibility index (Phi) is 9.78. The average molecular weight is 405 g/mol. The fraction of sp³-hybridized carbons (Fsp3) is 0.565. The summed E-state index contributed by atoms with van der Waals surface area (Å²) in [5.41, 5.74) is 2.04. The van der Waals surface area contributed by atoms with Crippen molar-refractivity contribution in [1.29, 1.82) is 0 Å². The Hall–Kier alpha value is -1.11. The van der Waals surface area contributed by atoms with Gasteiger partial charge in [0.05, 0.1) is 6.10 Å². The van der Waals surface area contributed by atoms with E-state index in [4.69, 9.17) is 8.85 Å². The summed E-state index contributed by atoms with van der Waals surface area (Å²) >= 11 is 0. The van der Waals surface area contributed by atoms with Crippen molar-refractivity contribution in [3.05, 3.63) is 60.4 Å². The Balaban J connectivity index is 3.19. The van der Waals surface area contributed by atoms with E-state index in [0.29, 0.717) is 0 Å². The number of benzene rings is 1. The largest absolute Gasteiger partial charge is 0.544 e. The highest BCUT2D eigenvalue weighted by molar-refractivity contribution is 6.74. The summed E-state index contributed by atoms with van der Waals surface area (Å²) in [7, 11) is -3.58. The second-order valence-electron chi connectivity index (χ2n) is 7.45. The molecule has 0 bridgehead atoms. The summed E-state index contributed by atoms with van der Waals surface area (Å²) in [6, 6.07) is 17.1. The highest BCUT2D eigenvalue weighted by Gasteiger charge is 2.36. The first-order valence-electron chi connectivity index (χ1n) is 10.7. The van der Waals surface area contributed by atoms with Gasteiger partial charge in [-0.15, -0.1) is 0 Å². The Morgan fingerprint density at radius 3 is 1.63 bits per heavy atom. The fourth-order valence-electron chi connectivity index (χ4n) is 3.66. The number of rotatable bonds is 13. The van der Waals surface area contributed by atoms with Crippen molar-refractivity contribution in [1.82, 2.24) is 0 Å². The normalized spacial score (nSPS) is 13.3. The Labute approximate surface area is 169 Å². The smallest absolute Gasteiger partial charge is 0.250 e. The van der Waals surface area contributed by atoms with Gasteiger partial charge in [0.25, 0.3) is 0 Å². The second kappa shape index (κ2) is 11.0. The minimum atomic E-state index is -1.80. The third kappa shape index (κ3) is 5.93. The molecule has 152 valence electrons. The van der Waals surface area contributed by atoms with Crippen LogP contribution in [0.15, 0.2) is 54.8 Å². The maximum Gasteiger partial charge on any atom is 0.250 e. The molecule has 0 saturated carbocycles. The van der Waals surface area contributed by atoms with Crippen molar-refractivity contribution in [2.24, 2.45) is 0 Å². The summed E-state index contributed by atoms with van der Waals surface area (Å²) < 4.78 is 13.4. The van der Waals surface area contributed by atoms with Gasteiger partial charge >= 0.3 is 0 Å². The van der Waals surface area contributed by atoms with Crippen LogP contribution in [-0.2, 0) is 8.85 Å². The second-order valence-corrected chi connectivity index (χ2v) is 16.9. The predicted octanol–water partition coefficient (Wildman–Crippen LogP) is 7.84. The molecule has 1 aromatic carbocycles. The highest BCUT2D eigenvalue weighted by atomic mass is 28.4. The molecule has 0 aliphatic carbocycles. The molecule has 0 radical (unpaired) electrons. The summed E-state index contributed by atoms with van der Waals surface area (Å²) in [6.45, 7) is 22.2. The molecule has 0 amide bonds. The van der Waals surface area contributed by atoms with Gasteiger partial charge in [0.15, 0.2) is 8.32 Å². The first-order valence-corrected chi connectivity index (χ1v) is 15.7. The van der Waals surface area contributed by atoms with E-state index < -0.39 is 16.6 Å². The van der Waals surface area contributed by atoms with Crippen LogP contribution >= 0.6 is 0 Å². The molecule has 2 nitrogen and oxygen atoms in total. The molecule has 4 heteroatoms. The lowest BCUT2D eigenvalue weighted by Gasteiger charge is -2.37. The van der Waals surface area contributed by atoms with E-state index in [9.17, 15) is 0 Å². The zero-order valence-corrected chi connectivity index (χ0v) is 20.4. The van der Waals surface area contributed by atoms with Crippen LogP contribution in [-0.4, -0.2) is 16.6 Å². The van der Waals surface area contributed by atoms with Gasteiger partial charge in [-0.25, -0.2) is 0 Å². The molecular weight excluding hydrogens is 364 g/mol. The van der Waals surface area contributed by atoms with Crippen molar-refractivity contribution in [3.8, 4) is 0 Å². The lowest BCUT2D eigenvalue weighted by molar-refractivity contribution is 0.219. The summed E-state index contributed by atoms with van der Waals surface area (Å²) in [6.07, 6.45) is -0.164. The molecule has 27 heavy (non-hydrogen) atoms. The van der Waals surface area contributed by atoms with Crippen LogP contribution in [0.4, 0.5) is 0 Å². The van der Waals surface area contributed by atoms with Gasteiger partial charge in [-0.3, -0.25) is 0 Å². The van der Waals surface area contributed by atoms with Crippen LogP contribution in [0.25, 0.3) is 0 Å². The van der Waals surface area contributed by atoms with E-state index >= 15 is 0 Å². The average Bonchev–Trinajstić information content (AvgIpc) is 2.73. The van der Waals surface area contributed by atoms with E-state index in [0.717, 1.165) is 53.2 Å². The van der Waals surface area contributed by atoms with E-state index in [1.807, 2.05) is 6.07 Å². The Morgan fingerprint density at radius 2 is 1.22 bits per heavy atom. The van der Waals surface area contributed by atoms with Crippen LogP contribution < -0.4 is 0 Å². The van der Waals surface area contributed by atoms with Gasteiger partial charge in [-0.1, -0.05) is 85.0 Å². The van der Waals surface area contributed by atoms with Crippen LogP contribution in [0.5, 0.6) is 0 Å². The van der Waals surface area contributed by atoms with Crippen molar-refractivity contribution in [2.45, 2.75) is 83.9 Å². The molecule has 0 aliphatic heterocycles. The molecular formula is C23H40O2Si2. The maximum absolute atomic E-state index is 6.88. The zero-order valence-electron chi connectivity index (χ0n) is 18.4. The molecule has 0 aliphatic rings. The molecule has 1 rings (SSSR count). The lowest BCUT2D eigenvalue weighted by Crippen LogP contribution is -2.39. The highest BCUT2D eigenvalue weighted by Crippen LogP contribution is 2.38. The van der Waals surface area contributed by atoms with Crippen LogP contribution in [0.3, 0.4) is 0 Å². The Morgan fingerprint density at radius 1 is 0.778 bits per heavy atom. The molecule has 0 fully saturated rings. The van der Waals surface area contributed by atoms with Crippen molar-refractivity contribution in [3.63, 3.8) is 0 Å². The molecule has 1 aromatic rings. The SMILES string of the molecule is C=C(O[Si](CC)(CC)CC)C(=C)C(O[Si](CC)(CC)CC)c1ccccc1. The third-order valence-corrected chi connectivity index (χ3v) is 15.5. The molecule has 1 atom stereocenters. The van der Waals surface area contributed by atoms with Gasteiger partial charge in [0, 0.05) is 5.57 Å². The molecule has 1 unspecified atom stereocenters. The maximum atomic E-state index is 6.88. The summed E-state index contributed by atoms with van der Waals surface area (Å²) in [5, 5.41) is 0. The topological polar surface area (TPSA) is 18.5 Å². The summed E-state index contributed by atoms with van der Waals surface area (Å²) in [5.74, 6) is 0.729. The molecule has 0 heterocycles. The van der Waals surface area contributed by atoms with Crippen molar-refractivity contribution >= 4 is 16.6 Å². The van der Waals surface area contributed by atoms with Crippen LogP contribution in [0.1, 0.15) is 53.2 Å². The van der Waals surface area contributed by atoms with Gasteiger partial charge in [0.2, 0.25) is 8.32 Å². The molecule has 0 saturated heterocycles. The van der Waals surface area contributed by atoms with Crippen molar-refractivity contribution in [2.75, 3.05) is 0 Å². The minimum Gasteiger partial charge on any atom is -0.544 e. The predicted molar refractivity (Wildman–Crippen MR) is 124 cm³/mol. The minimum absolute atomic E-state index is 0.164. The molecule has 0 spiro atoms. The first kappa shape index (κ1) is 23.9. The lowest BCUT2D eigenvalue weighted by atomic mass is 10.0. The molecule has 0 N–H and O–H groups in total. The van der Waals surface area contributed by atoms with Gasteiger partial charge < -0.3 is 8.85 Å². The third-order valence-electron chi connectivity index (χ3n) is 6.35. The zero-order chi connectivity index (χ0) is 20.5. The van der Waals surface area contributed by atoms with E-state index in [-0.39, 0.29) is 6.10 Å². The van der Waals surface area contributed by atoms with E-state index in [2.05, 4.69) is 79.0 Å². The summed E-state index contributed by atoms with van der Waals surface area (Å²) in [4.78, 5) is 0. The monoisotopic (exact) mass is 404 g/mol. The number of hydrogen-bond acceptors (Lipinski definition) is 2. The van der Waals surface area contributed by atoms with E-state index in [1.54, 1.807) is 0 Å². The number of hydrogen-bond donors (Lipinski definition) is 0.